The molecule has 1 aliphatic heterocycles. The average molecular weight is 279 g/mol. The number of ether oxygens (including phenoxy) is 2. The maximum absolute atomic E-state index is 11.9. The van der Waals surface area contributed by atoms with Crippen molar-refractivity contribution in [2.75, 3.05) is 33.9 Å². The molecule has 0 spiro atoms. The minimum atomic E-state index is -0.627. The highest BCUT2D eigenvalue weighted by atomic mass is 16.5. The second kappa shape index (κ2) is 6.72. The van der Waals surface area contributed by atoms with Crippen molar-refractivity contribution in [1.29, 1.82) is 0 Å². The molecule has 0 saturated carbocycles. The number of rotatable bonds is 6. The summed E-state index contributed by atoms with van der Waals surface area (Å²) in [6.07, 6.45) is -0.242. The summed E-state index contributed by atoms with van der Waals surface area (Å²) in [5, 5.41) is 10.4. The van der Waals surface area contributed by atoms with Gasteiger partial charge in [-0.15, -0.1) is 0 Å². The number of amides is 1. The third kappa shape index (κ3) is 3.29. The molecule has 1 saturated heterocycles. The molecule has 5 nitrogen and oxygen atoms in total. The van der Waals surface area contributed by atoms with Gasteiger partial charge in [0.05, 0.1) is 19.8 Å². The number of nitrogens with zero attached hydrogens (tertiary/aromatic N) is 1. The fraction of sp³-hybridized carbons (Fsp3) is 0.533. The van der Waals surface area contributed by atoms with Gasteiger partial charge in [0.25, 0.3) is 0 Å². The monoisotopic (exact) mass is 279 g/mol. The Bertz CT molecular complexity index is 446. The summed E-state index contributed by atoms with van der Waals surface area (Å²) in [4.78, 5) is 13.6. The number of aliphatic hydroxyl groups excluding tert-OH is 1. The first-order valence-corrected chi connectivity index (χ1v) is 6.74. The molecular weight excluding hydrogens is 258 g/mol. The predicted molar refractivity (Wildman–Crippen MR) is 74.5 cm³/mol. The fourth-order valence-electron chi connectivity index (χ4n) is 2.51. The first-order valence-electron chi connectivity index (χ1n) is 6.74. The molecular formula is C15H21NO4. The van der Waals surface area contributed by atoms with E-state index >= 15 is 0 Å². The lowest BCUT2D eigenvalue weighted by atomic mass is 9.95. The van der Waals surface area contributed by atoms with Gasteiger partial charge in [0.15, 0.2) is 0 Å². The molecule has 1 aromatic carbocycles. The van der Waals surface area contributed by atoms with Crippen molar-refractivity contribution < 1.29 is 19.4 Å². The molecule has 1 fully saturated rings. The molecule has 0 aliphatic carbocycles. The van der Waals surface area contributed by atoms with E-state index in [0.29, 0.717) is 26.1 Å². The summed E-state index contributed by atoms with van der Waals surface area (Å²) in [5.74, 6) is 0.775. The van der Waals surface area contributed by atoms with E-state index in [1.54, 1.807) is 19.1 Å². The van der Waals surface area contributed by atoms with Crippen molar-refractivity contribution >= 4 is 5.91 Å². The number of hydrogen-bond donors (Lipinski definition) is 1. The van der Waals surface area contributed by atoms with Crippen LogP contribution in [0.5, 0.6) is 5.75 Å². The molecule has 1 aromatic rings. The Balaban J connectivity index is 1.98. The number of carbonyl (C=O) groups is 1. The van der Waals surface area contributed by atoms with Crippen LogP contribution >= 0.6 is 0 Å². The maximum Gasteiger partial charge on any atom is 0.223 e. The summed E-state index contributed by atoms with van der Waals surface area (Å²) in [6.45, 7) is 1.69. The van der Waals surface area contributed by atoms with Gasteiger partial charge >= 0.3 is 0 Å². The van der Waals surface area contributed by atoms with Crippen LogP contribution in [-0.2, 0) is 9.53 Å². The van der Waals surface area contributed by atoms with Gasteiger partial charge in [0, 0.05) is 32.5 Å². The highest BCUT2D eigenvalue weighted by Gasteiger charge is 2.34. The Hall–Kier alpha value is -1.59. The highest BCUT2D eigenvalue weighted by molar-refractivity contribution is 5.78. The van der Waals surface area contributed by atoms with E-state index in [1.807, 2.05) is 24.3 Å². The first-order chi connectivity index (χ1) is 9.65. The molecule has 2 unspecified atom stereocenters. The summed E-state index contributed by atoms with van der Waals surface area (Å²) in [5.41, 5.74) is 0.817. The molecule has 5 heteroatoms. The van der Waals surface area contributed by atoms with Crippen LogP contribution in [0.15, 0.2) is 24.3 Å². The summed E-state index contributed by atoms with van der Waals surface area (Å²) in [7, 11) is 3.22. The Kier molecular flexibility index (Phi) is 4.98. The van der Waals surface area contributed by atoms with Crippen molar-refractivity contribution in [3.8, 4) is 5.75 Å². The van der Waals surface area contributed by atoms with Gasteiger partial charge in [-0.05, 0) is 17.7 Å². The van der Waals surface area contributed by atoms with Crippen LogP contribution in [0.2, 0.25) is 0 Å². The maximum atomic E-state index is 11.9. The third-order valence-electron chi connectivity index (χ3n) is 3.71. The molecule has 1 amide bonds. The van der Waals surface area contributed by atoms with E-state index in [2.05, 4.69) is 0 Å². The normalized spacial score (nSPS) is 20.2. The summed E-state index contributed by atoms with van der Waals surface area (Å²) < 4.78 is 10.1. The average Bonchev–Trinajstić information content (AvgIpc) is 2.85. The summed E-state index contributed by atoms with van der Waals surface area (Å²) >= 11 is 0. The second-order valence-corrected chi connectivity index (χ2v) is 5.01. The van der Waals surface area contributed by atoms with E-state index in [-0.39, 0.29) is 11.8 Å². The van der Waals surface area contributed by atoms with Crippen LogP contribution < -0.4 is 4.74 Å². The van der Waals surface area contributed by atoms with Gasteiger partial charge in [0.2, 0.25) is 5.91 Å². The minimum Gasteiger partial charge on any atom is -0.497 e. The zero-order valence-electron chi connectivity index (χ0n) is 11.9. The van der Waals surface area contributed by atoms with Gasteiger partial charge in [-0.3, -0.25) is 4.79 Å². The van der Waals surface area contributed by atoms with Gasteiger partial charge in [-0.1, -0.05) is 12.1 Å². The van der Waals surface area contributed by atoms with E-state index in [9.17, 15) is 9.90 Å². The Morgan fingerprint density at radius 2 is 2.05 bits per heavy atom. The molecule has 2 atom stereocenters. The van der Waals surface area contributed by atoms with Crippen molar-refractivity contribution in [1.82, 2.24) is 4.90 Å². The standard InChI is InChI=1S/C15H21NO4/c1-19-8-7-16-10-12(9-14(16)17)15(18)11-3-5-13(20-2)6-4-11/h3-6,12,15,18H,7-10H2,1-2H3. The Labute approximate surface area is 119 Å². The Morgan fingerprint density at radius 3 is 2.65 bits per heavy atom. The molecule has 20 heavy (non-hydrogen) atoms. The number of methoxy groups -OCH3 is 2. The summed E-state index contributed by atoms with van der Waals surface area (Å²) in [6, 6.07) is 7.31. The lowest BCUT2D eigenvalue weighted by molar-refractivity contribution is -0.128. The first kappa shape index (κ1) is 14.8. The third-order valence-corrected chi connectivity index (χ3v) is 3.71. The Morgan fingerprint density at radius 1 is 1.35 bits per heavy atom. The molecule has 0 bridgehead atoms. The second-order valence-electron chi connectivity index (χ2n) is 5.01. The van der Waals surface area contributed by atoms with Crippen molar-refractivity contribution in [3.05, 3.63) is 29.8 Å². The fourth-order valence-corrected chi connectivity index (χ4v) is 2.51. The van der Waals surface area contributed by atoms with Crippen molar-refractivity contribution in [2.45, 2.75) is 12.5 Å². The van der Waals surface area contributed by atoms with Gasteiger partial charge in [0.1, 0.15) is 5.75 Å². The predicted octanol–water partition coefficient (Wildman–Crippen LogP) is 1.22. The van der Waals surface area contributed by atoms with Crippen LogP contribution in [-0.4, -0.2) is 49.8 Å². The lowest BCUT2D eigenvalue weighted by Gasteiger charge is -2.19. The van der Waals surface area contributed by atoms with Crippen LogP contribution in [0.25, 0.3) is 0 Å². The van der Waals surface area contributed by atoms with Gasteiger partial charge in [-0.2, -0.15) is 0 Å². The number of carbonyl (C=O) groups excluding carboxylic acids is 1. The number of hydrogen-bond acceptors (Lipinski definition) is 4. The molecule has 0 aromatic heterocycles. The number of aliphatic hydroxyl groups is 1. The zero-order chi connectivity index (χ0) is 14.5. The zero-order valence-corrected chi connectivity index (χ0v) is 11.9. The lowest BCUT2D eigenvalue weighted by Crippen LogP contribution is -2.29. The molecule has 2 rings (SSSR count). The van der Waals surface area contributed by atoms with Crippen LogP contribution in [0.4, 0.5) is 0 Å². The van der Waals surface area contributed by atoms with E-state index in [1.165, 1.54) is 0 Å². The number of benzene rings is 1. The molecule has 1 heterocycles. The van der Waals surface area contributed by atoms with Crippen LogP contribution in [0.1, 0.15) is 18.1 Å². The molecule has 1 N–H and O–H groups in total. The quantitative estimate of drug-likeness (QED) is 0.850. The van der Waals surface area contributed by atoms with Gasteiger partial charge in [-0.25, -0.2) is 0 Å². The van der Waals surface area contributed by atoms with Crippen molar-refractivity contribution in [2.24, 2.45) is 5.92 Å². The molecule has 110 valence electrons. The van der Waals surface area contributed by atoms with E-state index in [0.717, 1.165) is 11.3 Å². The molecule has 0 radical (unpaired) electrons. The van der Waals surface area contributed by atoms with E-state index in [4.69, 9.17) is 9.47 Å². The van der Waals surface area contributed by atoms with E-state index < -0.39 is 6.10 Å². The topological polar surface area (TPSA) is 59.0 Å². The van der Waals surface area contributed by atoms with Gasteiger partial charge < -0.3 is 19.5 Å². The number of likely N-dealkylation sites (tertiary alicyclic amines) is 1. The minimum absolute atomic E-state index is 0.0623. The SMILES string of the molecule is COCCN1CC(C(O)c2ccc(OC)cc2)CC1=O. The van der Waals surface area contributed by atoms with Crippen LogP contribution in [0.3, 0.4) is 0 Å². The highest BCUT2D eigenvalue weighted by Crippen LogP contribution is 2.31. The smallest absolute Gasteiger partial charge is 0.223 e. The van der Waals surface area contributed by atoms with Crippen LogP contribution in [0, 0.1) is 5.92 Å². The van der Waals surface area contributed by atoms with Crippen molar-refractivity contribution in [3.63, 3.8) is 0 Å². The molecule has 1 aliphatic rings. The largest absolute Gasteiger partial charge is 0.497 e.